The lowest BCUT2D eigenvalue weighted by Gasteiger charge is -2.40. The molecule has 4 rings (SSSR count). The van der Waals surface area contributed by atoms with Crippen molar-refractivity contribution >= 4 is 28.9 Å². The summed E-state index contributed by atoms with van der Waals surface area (Å²) in [6, 6.07) is 16.3. The molecule has 6 heteroatoms. The van der Waals surface area contributed by atoms with Crippen LogP contribution >= 0.6 is 11.6 Å². The SMILES string of the molecule is CC[C@H]1CC2(CCN(c3ccc(C(=O)OC(C)(C)C)cc3)CC2)CN1c1ccc(C#N)c(Cl)c1. The summed E-state index contributed by atoms with van der Waals surface area (Å²) in [6.45, 7) is 10.9. The van der Waals surface area contributed by atoms with E-state index in [4.69, 9.17) is 16.3 Å². The molecular weight excluding hydrogens is 446 g/mol. The van der Waals surface area contributed by atoms with Crippen molar-refractivity contribution in [3.05, 3.63) is 58.6 Å². The van der Waals surface area contributed by atoms with Gasteiger partial charge in [-0.2, -0.15) is 5.26 Å². The van der Waals surface area contributed by atoms with Crippen LogP contribution in [0.3, 0.4) is 0 Å². The Morgan fingerprint density at radius 2 is 1.79 bits per heavy atom. The molecule has 34 heavy (non-hydrogen) atoms. The number of halogens is 1. The topological polar surface area (TPSA) is 56.6 Å². The first-order valence-electron chi connectivity index (χ1n) is 12.2. The van der Waals surface area contributed by atoms with E-state index in [1.807, 2.05) is 63.2 Å². The van der Waals surface area contributed by atoms with Crippen molar-refractivity contribution in [1.29, 1.82) is 5.26 Å². The van der Waals surface area contributed by atoms with Gasteiger partial charge in [0, 0.05) is 37.1 Å². The molecule has 0 aromatic heterocycles. The maximum absolute atomic E-state index is 12.3. The third-order valence-electron chi connectivity index (χ3n) is 7.18. The third-order valence-corrected chi connectivity index (χ3v) is 7.50. The van der Waals surface area contributed by atoms with Crippen LogP contribution in [0.4, 0.5) is 11.4 Å². The number of nitriles is 1. The molecule has 0 unspecified atom stereocenters. The Kier molecular flexibility index (Phi) is 6.82. The van der Waals surface area contributed by atoms with E-state index in [0.29, 0.717) is 27.6 Å². The van der Waals surface area contributed by atoms with Gasteiger partial charge in [0.1, 0.15) is 11.7 Å². The number of hydrogen-bond donors (Lipinski definition) is 0. The van der Waals surface area contributed by atoms with Gasteiger partial charge >= 0.3 is 5.97 Å². The van der Waals surface area contributed by atoms with Gasteiger partial charge in [0.05, 0.1) is 16.1 Å². The molecule has 1 atom stereocenters. The lowest BCUT2D eigenvalue weighted by atomic mass is 9.76. The number of anilines is 2. The molecule has 2 aliphatic rings. The number of piperidine rings is 1. The molecule has 5 nitrogen and oxygen atoms in total. The molecule has 2 aliphatic heterocycles. The number of ether oxygens (including phenoxy) is 1. The zero-order valence-corrected chi connectivity index (χ0v) is 21.4. The zero-order valence-electron chi connectivity index (χ0n) is 20.6. The minimum Gasteiger partial charge on any atom is -0.456 e. The third kappa shape index (κ3) is 5.18. The van der Waals surface area contributed by atoms with Crippen LogP contribution in [-0.4, -0.2) is 37.2 Å². The van der Waals surface area contributed by atoms with Crippen molar-refractivity contribution in [2.75, 3.05) is 29.4 Å². The highest BCUT2D eigenvalue weighted by Gasteiger charge is 2.45. The lowest BCUT2D eigenvalue weighted by Crippen LogP contribution is -2.41. The average molecular weight is 480 g/mol. The smallest absolute Gasteiger partial charge is 0.338 e. The maximum atomic E-state index is 12.3. The van der Waals surface area contributed by atoms with Gasteiger partial charge in [-0.05, 0) is 94.3 Å². The summed E-state index contributed by atoms with van der Waals surface area (Å²) in [5.74, 6) is -0.281. The Morgan fingerprint density at radius 1 is 1.15 bits per heavy atom. The van der Waals surface area contributed by atoms with Crippen molar-refractivity contribution in [3.63, 3.8) is 0 Å². The Bertz CT molecular complexity index is 1080. The van der Waals surface area contributed by atoms with Gasteiger partial charge in [0.15, 0.2) is 0 Å². The van der Waals surface area contributed by atoms with Crippen molar-refractivity contribution in [2.45, 2.75) is 65.0 Å². The fourth-order valence-corrected chi connectivity index (χ4v) is 5.57. The number of carbonyl (C=O) groups is 1. The summed E-state index contributed by atoms with van der Waals surface area (Å²) in [5.41, 5.74) is 3.19. The molecule has 2 aromatic carbocycles. The molecule has 2 heterocycles. The quantitative estimate of drug-likeness (QED) is 0.472. The molecule has 1 spiro atoms. The van der Waals surface area contributed by atoms with E-state index < -0.39 is 5.60 Å². The first-order valence-corrected chi connectivity index (χ1v) is 12.6. The lowest BCUT2D eigenvalue weighted by molar-refractivity contribution is 0.00695. The zero-order chi connectivity index (χ0) is 24.5. The van der Waals surface area contributed by atoms with E-state index in [1.165, 1.54) is 6.42 Å². The van der Waals surface area contributed by atoms with Crippen LogP contribution in [0, 0.1) is 16.7 Å². The van der Waals surface area contributed by atoms with Crippen molar-refractivity contribution in [3.8, 4) is 6.07 Å². The van der Waals surface area contributed by atoms with E-state index in [2.05, 4.69) is 22.8 Å². The average Bonchev–Trinajstić information content (AvgIpc) is 3.16. The fourth-order valence-electron chi connectivity index (χ4n) is 5.35. The van der Waals surface area contributed by atoms with Crippen LogP contribution < -0.4 is 9.80 Å². The van der Waals surface area contributed by atoms with E-state index >= 15 is 0 Å². The predicted octanol–water partition coefficient (Wildman–Crippen LogP) is 6.44. The normalized spacial score (nSPS) is 19.8. The fraction of sp³-hybridized carbons (Fsp3) is 0.500. The first-order chi connectivity index (χ1) is 16.1. The number of nitrogens with zero attached hydrogens (tertiary/aromatic N) is 3. The second-order valence-electron chi connectivity index (χ2n) is 10.7. The van der Waals surface area contributed by atoms with Gasteiger partial charge in [0.2, 0.25) is 0 Å². The monoisotopic (exact) mass is 479 g/mol. The number of carbonyl (C=O) groups excluding carboxylic acids is 1. The number of rotatable bonds is 4. The predicted molar refractivity (Wildman–Crippen MR) is 138 cm³/mol. The van der Waals surface area contributed by atoms with E-state index in [1.54, 1.807) is 0 Å². The van der Waals surface area contributed by atoms with E-state index in [-0.39, 0.29) is 5.97 Å². The summed E-state index contributed by atoms with van der Waals surface area (Å²) in [5, 5.41) is 9.73. The Labute approximate surface area is 208 Å². The van der Waals surface area contributed by atoms with Crippen LogP contribution in [0.2, 0.25) is 5.02 Å². The number of esters is 1. The van der Waals surface area contributed by atoms with Gasteiger partial charge in [-0.1, -0.05) is 18.5 Å². The standard InChI is InChI=1S/C28H34ClN3O2/c1-5-22-17-28(19-32(22)24-11-8-21(18-30)25(29)16-24)12-14-31(15-13-28)23-9-6-20(7-10-23)26(33)34-27(2,3)4/h6-11,16,22H,5,12-15,17,19H2,1-4H3/t22-/m0/s1. The molecule has 0 radical (unpaired) electrons. The highest BCUT2D eigenvalue weighted by Crippen LogP contribution is 2.46. The summed E-state index contributed by atoms with van der Waals surface area (Å²) in [7, 11) is 0. The number of benzene rings is 2. The van der Waals surface area contributed by atoms with Crippen molar-refractivity contribution in [2.24, 2.45) is 5.41 Å². The molecule has 2 aromatic rings. The molecule has 0 amide bonds. The minimum absolute atomic E-state index is 0.281. The second kappa shape index (κ2) is 9.50. The highest BCUT2D eigenvalue weighted by atomic mass is 35.5. The number of hydrogen-bond acceptors (Lipinski definition) is 5. The maximum Gasteiger partial charge on any atom is 0.338 e. The minimum atomic E-state index is -0.494. The Morgan fingerprint density at radius 3 is 2.35 bits per heavy atom. The molecule has 0 saturated carbocycles. The summed E-state index contributed by atoms with van der Waals surface area (Å²) in [4.78, 5) is 17.2. The van der Waals surface area contributed by atoms with Crippen molar-refractivity contribution in [1.82, 2.24) is 0 Å². The van der Waals surface area contributed by atoms with Gasteiger partial charge in [0.25, 0.3) is 0 Å². The molecule has 0 aliphatic carbocycles. The summed E-state index contributed by atoms with van der Waals surface area (Å²) >= 11 is 6.34. The van der Waals surface area contributed by atoms with E-state index in [9.17, 15) is 10.1 Å². The molecule has 0 bridgehead atoms. The molecule has 2 saturated heterocycles. The summed E-state index contributed by atoms with van der Waals surface area (Å²) < 4.78 is 5.48. The van der Waals surface area contributed by atoms with Crippen LogP contribution in [0.15, 0.2) is 42.5 Å². The van der Waals surface area contributed by atoms with Gasteiger partial charge in [-0.25, -0.2) is 4.79 Å². The largest absolute Gasteiger partial charge is 0.456 e. The Hall–Kier alpha value is -2.71. The Balaban J connectivity index is 1.41. The summed E-state index contributed by atoms with van der Waals surface area (Å²) in [6.07, 6.45) is 4.55. The molecule has 180 valence electrons. The van der Waals surface area contributed by atoms with Crippen LogP contribution in [0.1, 0.15) is 69.3 Å². The second-order valence-corrected chi connectivity index (χ2v) is 11.1. The van der Waals surface area contributed by atoms with Crippen LogP contribution in [-0.2, 0) is 4.74 Å². The van der Waals surface area contributed by atoms with E-state index in [0.717, 1.165) is 50.3 Å². The highest BCUT2D eigenvalue weighted by molar-refractivity contribution is 6.32. The first kappa shape index (κ1) is 24.4. The van der Waals surface area contributed by atoms with Gasteiger partial charge in [-0.3, -0.25) is 0 Å². The van der Waals surface area contributed by atoms with Gasteiger partial charge in [-0.15, -0.1) is 0 Å². The van der Waals surface area contributed by atoms with Gasteiger partial charge < -0.3 is 14.5 Å². The van der Waals surface area contributed by atoms with Crippen molar-refractivity contribution < 1.29 is 9.53 Å². The van der Waals surface area contributed by atoms with Crippen LogP contribution in [0.25, 0.3) is 0 Å². The van der Waals surface area contributed by atoms with Crippen LogP contribution in [0.5, 0.6) is 0 Å². The molecular formula is C28H34ClN3O2. The molecule has 0 N–H and O–H groups in total. The molecule has 2 fully saturated rings.